The number of carboxylic acids is 1. The van der Waals surface area contributed by atoms with Crippen LogP contribution in [0, 0.1) is 11.8 Å². The average molecular weight is 311 g/mol. The number of carbonyl (C=O) groups is 2. The van der Waals surface area contributed by atoms with Crippen molar-refractivity contribution in [3.05, 3.63) is 16.1 Å². The van der Waals surface area contributed by atoms with Gasteiger partial charge >= 0.3 is 12.0 Å². The van der Waals surface area contributed by atoms with E-state index in [1.54, 1.807) is 0 Å². The van der Waals surface area contributed by atoms with Gasteiger partial charge in [-0.15, -0.1) is 11.3 Å². The largest absolute Gasteiger partial charge is 0.476 e. The number of aromatic nitrogens is 1. The van der Waals surface area contributed by atoms with E-state index in [-0.39, 0.29) is 17.8 Å². The quantitative estimate of drug-likeness (QED) is 0.899. The third-order valence-electron chi connectivity index (χ3n) is 4.07. The Hall–Kier alpha value is -1.63. The van der Waals surface area contributed by atoms with E-state index in [0.717, 1.165) is 19.5 Å². The molecular formula is C14H21N3O3S. The second-order valence-corrected chi connectivity index (χ2v) is 6.63. The first-order valence-corrected chi connectivity index (χ1v) is 8.00. The molecule has 3 atom stereocenters. The summed E-state index contributed by atoms with van der Waals surface area (Å²) in [5.41, 5.74) is 0.0246. The number of hydrogen-bond acceptors (Lipinski definition) is 4. The van der Waals surface area contributed by atoms with Gasteiger partial charge in [0, 0.05) is 18.5 Å². The molecule has 2 N–H and O–H groups in total. The zero-order valence-electron chi connectivity index (χ0n) is 12.5. The van der Waals surface area contributed by atoms with Gasteiger partial charge < -0.3 is 15.3 Å². The topological polar surface area (TPSA) is 82.5 Å². The molecule has 0 aromatic carbocycles. The van der Waals surface area contributed by atoms with Gasteiger partial charge in [0.05, 0.1) is 6.04 Å². The van der Waals surface area contributed by atoms with Crippen LogP contribution in [0.15, 0.2) is 5.38 Å². The predicted molar refractivity (Wildman–Crippen MR) is 80.5 cm³/mol. The van der Waals surface area contributed by atoms with E-state index in [1.165, 1.54) is 16.7 Å². The van der Waals surface area contributed by atoms with Crippen molar-refractivity contribution >= 4 is 23.3 Å². The molecule has 1 aliphatic heterocycles. The maximum absolute atomic E-state index is 12.3. The van der Waals surface area contributed by atoms with Crippen molar-refractivity contribution in [2.45, 2.75) is 33.2 Å². The summed E-state index contributed by atoms with van der Waals surface area (Å²) in [6.07, 6.45) is 1.02. The van der Waals surface area contributed by atoms with Gasteiger partial charge in [-0.3, -0.25) is 0 Å². The molecule has 116 valence electrons. The van der Waals surface area contributed by atoms with Crippen LogP contribution < -0.4 is 5.32 Å². The SMILES string of the molecule is CC(NC(=O)N1CCC(C)C(C)C1)c1nc(C(=O)O)cs1. The first-order chi connectivity index (χ1) is 9.88. The lowest BCUT2D eigenvalue weighted by Gasteiger charge is -2.35. The molecular weight excluding hydrogens is 290 g/mol. The highest BCUT2D eigenvalue weighted by molar-refractivity contribution is 7.09. The number of amides is 2. The number of rotatable bonds is 3. The molecule has 1 aromatic rings. The summed E-state index contributed by atoms with van der Waals surface area (Å²) in [4.78, 5) is 28.9. The van der Waals surface area contributed by atoms with Gasteiger partial charge in [-0.05, 0) is 25.2 Å². The van der Waals surface area contributed by atoms with Crippen LogP contribution in [0.3, 0.4) is 0 Å². The van der Waals surface area contributed by atoms with Crippen molar-refractivity contribution in [3.8, 4) is 0 Å². The standard InChI is InChI=1S/C14H21N3O3S/c1-8-4-5-17(6-9(8)2)14(20)15-10(3)12-16-11(7-21-12)13(18)19/h7-10H,4-6H2,1-3H3,(H,15,20)(H,18,19). The normalized spacial score (nSPS) is 23.7. The Bertz CT molecular complexity index is 531. The van der Waals surface area contributed by atoms with E-state index < -0.39 is 5.97 Å². The Morgan fingerprint density at radius 2 is 2.19 bits per heavy atom. The van der Waals surface area contributed by atoms with Gasteiger partial charge in [0.1, 0.15) is 5.01 Å². The Balaban J connectivity index is 1.93. The third kappa shape index (κ3) is 3.72. The molecule has 3 unspecified atom stereocenters. The lowest BCUT2D eigenvalue weighted by molar-refractivity contribution is 0.0691. The maximum Gasteiger partial charge on any atom is 0.355 e. The molecule has 7 heteroatoms. The molecule has 2 amide bonds. The number of hydrogen-bond donors (Lipinski definition) is 2. The number of nitrogens with zero attached hydrogens (tertiary/aromatic N) is 2. The summed E-state index contributed by atoms with van der Waals surface area (Å²) >= 11 is 1.25. The van der Waals surface area contributed by atoms with Crippen molar-refractivity contribution in [3.63, 3.8) is 0 Å². The second kappa shape index (κ2) is 6.43. The third-order valence-corrected chi connectivity index (χ3v) is 5.10. The lowest BCUT2D eigenvalue weighted by atomic mass is 9.89. The van der Waals surface area contributed by atoms with Gasteiger partial charge in [0.25, 0.3) is 0 Å². The molecule has 0 aliphatic carbocycles. The monoisotopic (exact) mass is 311 g/mol. The fraction of sp³-hybridized carbons (Fsp3) is 0.643. The summed E-state index contributed by atoms with van der Waals surface area (Å²) < 4.78 is 0. The Labute approximate surface area is 128 Å². The summed E-state index contributed by atoms with van der Waals surface area (Å²) in [6, 6.07) is -0.390. The minimum absolute atomic E-state index is 0.0246. The van der Waals surface area contributed by atoms with E-state index in [1.807, 2.05) is 11.8 Å². The molecule has 2 rings (SSSR count). The van der Waals surface area contributed by atoms with E-state index in [9.17, 15) is 9.59 Å². The van der Waals surface area contributed by atoms with Crippen molar-refractivity contribution in [2.24, 2.45) is 11.8 Å². The Kier molecular flexibility index (Phi) is 4.82. The molecule has 1 aliphatic rings. The fourth-order valence-electron chi connectivity index (χ4n) is 2.37. The van der Waals surface area contributed by atoms with Crippen LogP contribution in [0.4, 0.5) is 4.79 Å². The van der Waals surface area contributed by atoms with Gasteiger partial charge in [-0.25, -0.2) is 14.6 Å². The number of likely N-dealkylation sites (tertiary alicyclic amines) is 1. The highest BCUT2D eigenvalue weighted by atomic mass is 32.1. The van der Waals surface area contributed by atoms with Crippen LogP contribution in [0.2, 0.25) is 0 Å². The van der Waals surface area contributed by atoms with Crippen LogP contribution in [0.5, 0.6) is 0 Å². The number of carboxylic acid groups (broad SMARTS) is 1. The fourth-order valence-corrected chi connectivity index (χ4v) is 3.17. The van der Waals surface area contributed by atoms with Crippen LogP contribution in [0.1, 0.15) is 48.7 Å². The van der Waals surface area contributed by atoms with E-state index in [2.05, 4.69) is 24.1 Å². The van der Waals surface area contributed by atoms with Gasteiger partial charge in [-0.2, -0.15) is 0 Å². The second-order valence-electron chi connectivity index (χ2n) is 5.74. The number of aromatic carboxylic acids is 1. The summed E-state index contributed by atoms with van der Waals surface area (Å²) in [5.74, 6) is 0.0942. The average Bonchev–Trinajstić information content (AvgIpc) is 2.91. The molecule has 0 saturated carbocycles. The van der Waals surface area contributed by atoms with Gasteiger partial charge in [0.2, 0.25) is 0 Å². The molecule has 6 nitrogen and oxygen atoms in total. The molecule has 2 heterocycles. The molecule has 1 fully saturated rings. The highest BCUT2D eigenvalue weighted by Crippen LogP contribution is 2.23. The van der Waals surface area contributed by atoms with Crippen LogP contribution in [-0.2, 0) is 0 Å². The van der Waals surface area contributed by atoms with E-state index >= 15 is 0 Å². The van der Waals surface area contributed by atoms with Crippen LogP contribution >= 0.6 is 11.3 Å². The van der Waals surface area contributed by atoms with E-state index in [0.29, 0.717) is 16.8 Å². The minimum Gasteiger partial charge on any atom is -0.476 e. The molecule has 0 radical (unpaired) electrons. The molecule has 0 bridgehead atoms. The minimum atomic E-state index is -1.05. The zero-order chi connectivity index (χ0) is 15.6. The lowest BCUT2D eigenvalue weighted by Crippen LogP contribution is -2.47. The van der Waals surface area contributed by atoms with Crippen molar-refractivity contribution in [1.29, 1.82) is 0 Å². The first kappa shape index (κ1) is 15.8. The van der Waals surface area contributed by atoms with Crippen LogP contribution in [0.25, 0.3) is 0 Å². The summed E-state index contributed by atoms with van der Waals surface area (Å²) in [6.45, 7) is 7.72. The number of carbonyl (C=O) groups excluding carboxylic acids is 1. The number of piperidine rings is 1. The number of nitrogens with one attached hydrogen (secondary N) is 1. The Morgan fingerprint density at radius 3 is 2.76 bits per heavy atom. The highest BCUT2D eigenvalue weighted by Gasteiger charge is 2.27. The summed E-state index contributed by atoms with van der Waals surface area (Å²) in [7, 11) is 0. The van der Waals surface area contributed by atoms with Gasteiger partial charge in [0.15, 0.2) is 5.69 Å². The molecule has 21 heavy (non-hydrogen) atoms. The maximum atomic E-state index is 12.3. The molecule has 1 aromatic heterocycles. The Morgan fingerprint density at radius 1 is 1.48 bits per heavy atom. The van der Waals surface area contributed by atoms with Crippen molar-refractivity contribution in [1.82, 2.24) is 15.2 Å². The van der Waals surface area contributed by atoms with Crippen molar-refractivity contribution < 1.29 is 14.7 Å². The molecule has 1 saturated heterocycles. The van der Waals surface area contributed by atoms with Crippen molar-refractivity contribution in [2.75, 3.05) is 13.1 Å². The smallest absolute Gasteiger partial charge is 0.355 e. The van der Waals surface area contributed by atoms with E-state index in [4.69, 9.17) is 5.11 Å². The first-order valence-electron chi connectivity index (χ1n) is 7.12. The summed E-state index contributed by atoms with van der Waals surface area (Å²) in [5, 5.41) is 13.9. The van der Waals surface area contributed by atoms with Crippen LogP contribution in [-0.4, -0.2) is 40.1 Å². The number of urea groups is 1. The zero-order valence-corrected chi connectivity index (χ0v) is 13.3. The number of thiazole rings is 1. The predicted octanol–water partition coefficient (Wildman–Crippen LogP) is 2.59. The van der Waals surface area contributed by atoms with Gasteiger partial charge in [-0.1, -0.05) is 13.8 Å². The molecule has 0 spiro atoms.